The van der Waals surface area contributed by atoms with Crippen molar-refractivity contribution in [3.05, 3.63) is 95.1 Å². The smallest absolute Gasteiger partial charge is 0.338 e. The van der Waals surface area contributed by atoms with Crippen LogP contribution >= 0.6 is 0 Å². The number of amides is 1. The number of rotatable bonds is 6. The Balaban J connectivity index is 1.89. The average Bonchev–Trinajstić information content (AvgIpc) is 3.14. The molecule has 178 valence electrons. The van der Waals surface area contributed by atoms with E-state index in [2.05, 4.69) is 0 Å². The first-order chi connectivity index (χ1) is 16.8. The molecule has 8 heteroatoms. The highest BCUT2D eigenvalue weighted by molar-refractivity contribution is 6.51. The van der Waals surface area contributed by atoms with Crippen LogP contribution in [0.5, 0.6) is 11.5 Å². The van der Waals surface area contributed by atoms with Gasteiger partial charge in [0.15, 0.2) is 0 Å². The molecule has 0 aliphatic carbocycles. The number of benzene rings is 3. The third-order valence-electron chi connectivity index (χ3n) is 5.65. The molecule has 8 nitrogen and oxygen atoms in total. The quantitative estimate of drug-likeness (QED) is 0.239. The summed E-state index contributed by atoms with van der Waals surface area (Å²) >= 11 is 0. The zero-order chi connectivity index (χ0) is 25.1. The van der Waals surface area contributed by atoms with Gasteiger partial charge in [-0.3, -0.25) is 14.5 Å². The Bertz CT molecular complexity index is 1310. The van der Waals surface area contributed by atoms with E-state index in [-0.39, 0.29) is 34.9 Å². The molecule has 1 heterocycles. The molecule has 0 saturated carbocycles. The Morgan fingerprint density at radius 1 is 0.971 bits per heavy atom. The van der Waals surface area contributed by atoms with E-state index in [9.17, 15) is 24.6 Å². The first-order valence-electron chi connectivity index (χ1n) is 10.9. The summed E-state index contributed by atoms with van der Waals surface area (Å²) in [6.45, 7) is 1.87. The van der Waals surface area contributed by atoms with Crippen molar-refractivity contribution in [1.82, 2.24) is 0 Å². The number of aliphatic hydroxyl groups is 1. The number of ether oxygens (including phenoxy) is 2. The topological polar surface area (TPSA) is 113 Å². The standard InChI is InChI=1S/C27H23NO7/c1-3-35-27(33)18-5-4-6-19(15-18)28-23(16-7-11-20(29)12-8-16)22(25(31)26(28)32)24(30)17-9-13-21(34-2)14-10-17/h4-15,23,29-30H,3H2,1-2H3/b24-22+. The zero-order valence-electron chi connectivity index (χ0n) is 19.1. The number of aromatic hydroxyl groups is 1. The lowest BCUT2D eigenvalue weighted by atomic mass is 9.95. The van der Waals surface area contributed by atoms with Crippen LogP contribution in [0.25, 0.3) is 5.76 Å². The van der Waals surface area contributed by atoms with Crippen LogP contribution in [0.2, 0.25) is 0 Å². The van der Waals surface area contributed by atoms with Gasteiger partial charge in [0, 0.05) is 11.3 Å². The van der Waals surface area contributed by atoms with Gasteiger partial charge in [-0.2, -0.15) is 0 Å². The second-order valence-corrected chi connectivity index (χ2v) is 7.76. The number of nitrogens with zero attached hydrogens (tertiary/aromatic N) is 1. The number of carbonyl (C=O) groups excluding carboxylic acids is 3. The fourth-order valence-corrected chi connectivity index (χ4v) is 3.97. The van der Waals surface area contributed by atoms with Crippen LogP contribution < -0.4 is 9.64 Å². The predicted molar refractivity (Wildman–Crippen MR) is 128 cm³/mol. The van der Waals surface area contributed by atoms with Gasteiger partial charge < -0.3 is 19.7 Å². The van der Waals surface area contributed by atoms with Crippen LogP contribution in [-0.4, -0.2) is 41.6 Å². The molecule has 4 rings (SSSR count). The molecule has 1 aliphatic heterocycles. The van der Waals surface area contributed by atoms with E-state index >= 15 is 0 Å². The molecular formula is C27H23NO7. The van der Waals surface area contributed by atoms with Crippen molar-refractivity contribution in [2.45, 2.75) is 13.0 Å². The largest absolute Gasteiger partial charge is 0.508 e. The summed E-state index contributed by atoms with van der Waals surface area (Å²) in [7, 11) is 1.51. The Morgan fingerprint density at radius 2 is 1.66 bits per heavy atom. The van der Waals surface area contributed by atoms with Gasteiger partial charge in [0.25, 0.3) is 11.7 Å². The number of phenols is 1. The Labute approximate surface area is 201 Å². The maximum absolute atomic E-state index is 13.3. The van der Waals surface area contributed by atoms with Crippen molar-refractivity contribution in [3.8, 4) is 11.5 Å². The number of carbonyl (C=O) groups is 3. The number of methoxy groups -OCH3 is 1. The van der Waals surface area contributed by atoms with Crippen molar-refractivity contribution in [2.24, 2.45) is 0 Å². The number of hydrogen-bond donors (Lipinski definition) is 2. The van der Waals surface area contributed by atoms with Crippen LogP contribution in [0.1, 0.15) is 34.5 Å². The minimum Gasteiger partial charge on any atom is -0.508 e. The summed E-state index contributed by atoms with van der Waals surface area (Å²) in [6.07, 6.45) is 0. The highest BCUT2D eigenvalue weighted by Gasteiger charge is 2.47. The second kappa shape index (κ2) is 9.72. The first kappa shape index (κ1) is 23.6. The normalized spacial score (nSPS) is 16.9. The highest BCUT2D eigenvalue weighted by Crippen LogP contribution is 2.42. The van der Waals surface area contributed by atoms with Crippen molar-refractivity contribution in [3.63, 3.8) is 0 Å². The Morgan fingerprint density at radius 3 is 2.29 bits per heavy atom. The van der Waals surface area contributed by atoms with Crippen LogP contribution in [0.3, 0.4) is 0 Å². The molecule has 1 saturated heterocycles. The third kappa shape index (κ3) is 4.46. The minimum absolute atomic E-state index is 0.00478. The molecule has 0 bridgehead atoms. The first-order valence-corrected chi connectivity index (χ1v) is 10.9. The average molecular weight is 473 g/mol. The van der Waals surface area contributed by atoms with Gasteiger partial charge in [-0.25, -0.2) is 4.79 Å². The third-order valence-corrected chi connectivity index (χ3v) is 5.65. The van der Waals surface area contributed by atoms with E-state index in [1.165, 1.54) is 30.2 Å². The molecule has 1 fully saturated rings. The zero-order valence-corrected chi connectivity index (χ0v) is 19.1. The summed E-state index contributed by atoms with van der Waals surface area (Å²) in [5.74, 6) is -2.09. The van der Waals surface area contributed by atoms with E-state index in [4.69, 9.17) is 9.47 Å². The van der Waals surface area contributed by atoms with Crippen molar-refractivity contribution in [1.29, 1.82) is 0 Å². The maximum atomic E-state index is 13.3. The molecular weight excluding hydrogens is 450 g/mol. The number of ketones is 1. The van der Waals surface area contributed by atoms with Crippen LogP contribution in [0, 0.1) is 0 Å². The number of esters is 1. The lowest BCUT2D eigenvalue weighted by Gasteiger charge is -2.25. The monoisotopic (exact) mass is 473 g/mol. The fraction of sp³-hybridized carbons (Fsp3) is 0.148. The molecule has 3 aromatic rings. The number of hydrogen-bond acceptors (Lipinski definition) is 7. The van der Waals surface area contributed by atoms with Gasteiger partial charge in [0.1, 0.15) is 17.3 Å². The molecule has 1 atom stereocenters. The van der Waals surface area contributed by atoms with Gasteiger partial charge in [0.2, 0.25) is 0 Å². The van der Waals surface area contributed by atoms with E-state index in [1.54, 1.807) is 61.5 Å². The minimum atomic E-state index is -1.00. The summed E-state index contributed by atoms with van der Waals surface area (Å²) in [6, 6.07) is 17.6. The number of anilines is 1. The molecule has 3 aromatic carbocycles. The van der Waals surface area contributed by atoms with E-state index in [0.29, 0.717) is 16.9 Å². The van der Waals surface area contributed by atoms with Crippen LogP contribution in [0.4, 0.5) is 5.69 Å². The van der Waals surface area contributed by atoms with Gasteiger partial charge >= 0.3 is 5.97 Å². The predicted octanol–water partition coefficient (Wildman–Crippen LogP) is 4.20. The second-order valence-electron chi connectivity index (χ2n) is 7.76. The molecule has 35 heavy (non-hydrogen) atoms. The van der Waals surface area contributed by atoms with E-state index in [1.807, 2.05) is 0 Å². The van der Waals surface area contributed by atoms with Gasteiger partial charge in [-0.1, -0.05) is 18.2 Å². The summed E-state index contributed by atoms with van der Waals surface area (Å²) < 4.78 is 10.2. The van der Waals surface area contributed by atoms with Gasteiger partial charge in [-0.05, 0) is 67.1 Å². The summed E-state index contributed by atoms with van der Waals surface area (Å²) in [4.78, 5) is 40.0. The molecule has 1 aliphatic rings. The molecule has 0 spiro atoms. The number of aliphatic hydroxyl groups excluding tert-OH is 1. The van der Waals surface area contributed by atoms with E-state index < -0.39 is 23.7 Å². The molecule has 0 radical (unpaired) electrons. The van der Waals surface area contributed by atoms with Crippen molar-refractivity contribution < 1.29 is 34.1 Å². The summed E-state index contributed by atoms with van der Waals surface area (Å²) in [5.41, 5.74) is 1.19. The molecule has 1 amide bonds. The van der Waals surface area contributed by atoms with Crippen molar-refractivity contribution >= 4 is 29.1 Å². The van der Waals surface area contributed by atoms with E-state index in [0.717, 1.165) is 0 Å². The fourth-order valence-electron chi connectivity index (χ4n) is 3.97. The maximum Gasteiger partial charge on any atom is 0.338 e. The van der Waals surface area contributed by atoms with Crippen molar-refractivity contribution in [2.75, 3.05) is 18.6 Å². The lowest BCUT2D eigenvalue weighted by Crippen LogP contribution is -2.29. The molecule has 2 N–H and O–H groups in total. The molecule has 0 aromatic heterocycles. The lowest BCUT2D eigenvalue weighted by molar-refractivity contribution is -0.132. The van der Waals surface area contributed by atoms with Crippen LogP contribution in [0.15, 0.2) is 78.4 Å². The van der Waals surface area contributed by atoms with Gasteiger partial charge in [0.05, 0.1) is 30.9 Å². The van der Waals surface area contributed by atoms with Crippen LogP contribution in [-0.2, 0) is 14.3 Å². The summed E-state index contributed by atoms with van der Waals surface area (Å²) in [5, 5.41) is 20.9. The molecule has 1 unspecified atom stereocenters. The number of phenolic OH excluding ortho intramolecular Hbond substituents is 1. The highest BCUT2D eigenvalue weighted by atomic mass is 16.5. The Kier molecular flexibility index (Phi) is 6.55. The van der Waals surface area contributed by atoms with Gasteiger partial charge in [-0.15, -0.1) is 0 Å². The SMILES string of the molecule is CCOC(=O)c1cccc(N2C(=O)C(=O)/C(=C(/O)c3ccc(OC)cc3)C2c2ccc(O)cc2)c1. The number of Topliss-reactive ketones (excluding diaryl/α,β-unsaturated/α-hetero) is 1. The Hall–Kier alpha value is -4.59.